The van der Waals surface area contributed by atoms with Crippen molar-refractivity contribution in [3.8, 4) is 0 Å². The van der Waals surface area contributed by atoms with Crippen LogP contribution in [0.4, 0.5) is 0 Å². The highest BCUT2D eigenvalue weighted by atomic mass is 32.2. The molecule has 0 saturated heterocycles. The van der Waals surface area contributed by atoms with Gasteiger partial charge in [0.25, 0.3) is 0 Å². The number of hydrogen-bond donors (Lipinski definition) is 3. The van der Waals surface area contributed by atoms with Gasteiger partial charge < -0.3 is 10.1 Å². The summed E-state index contributed by atoms with van der Waals surface area (Å²) in [6.07, 6.45) is 2.71. The summed E-state index contributed by atoms with van der Waals surface area (Å²) in [4.78, 5) is 12.7. The van der Waals surface area contributed by atoms with Gasteiger partial charge >= 0.3 is 5.97 Å². The molecule has 0 aliphatic rings. The number of carbonyl (C=O) groups is 1. The predicted octanol–water partition coefficient (Wildman–Crippen LogP) is -0.622. The zero-order valence-electron chi connectivity index (χ0n) is 6.52. The molecule has 1 rings (SSSR count). The third kappa shape index (κ3) is 2.56. The van der Waals surface area contributed by atoms with Gasteiger partial charge in [-0.15, -0.1) is 0 Å². The normalized spacial score (nSPS) is 11.4. The number of H-pyrrole nitrogens is 1. The minimum absolute atomic E-state index is 0.0220. The summed E-state index contributed by atoms with van der Waals surface area (Å²) in [5, 5.41) is 8.24. The molecule has 0 spiro atoms. The van der Waals surface area contributed by atoms with Crippen molar-refractivity contribution < 1.29 is 18.3 Å². The lowest BCUT2D eigenvalue weighted by molar-refractivity contribution is -0.135. The van der Waals surface area contributed by atoms with Gasteiger partial charge in [0, 0.05) is 12.4 Å². The molecule has 0 fully saturated rings. The van der Waals surface area contributed by atoms with Gasteiger partial charge in [-0.1, -0.05) is 0 Å². The molecule has 1 aromatic rings. The van der Waals surface area contributed by atoms with Crippen LogP contribution in [0.1, 0.15) is 0 Å². The smallest absolute Gasteiger partial charge is 0.318 e. The Morgan fingerprint density at radius 1 is 1.62 bits per heavy atom. The van der Waals surface area contributed by atoms with Gasteiger partial charge in [-0.2, -0.15) is 4.72 Å². The second-order valence-corrected chi connectivity index (χ2v) is 4.03. The molecule has 3 N–H and O–H groups in total. The Labute approximate surface area is 74.6 Å². The van der Waals surface area contributed by atoms with E-state index in [1.54, 1.807) is 0 Å². The van der Waals surface area contributed by atoms with Crippen LogP contribution < -0.4 is 4.72 Å². The molecule has 7 heteroatoms. The number of nitrogens with one attached hydrogen (secondary N) is 2. The number of hydrogen-bond acceptors (Lipinski definition) is 3. The molecule has 0 aliphatic carbocycles. The fourth-order valence-electron chi connectivity index (χ4n) is 0.716. The summed E-state index contributed by atoms with van der Waals surface area (Å²) in [6, 6.07) is 1.34. The van der Waals surface area contributed by atoms with Crippen molar-refractivity contribution in [3.05, 3.63) is 18.5 Å². The number of rotatable bonds is 4. The molecule has 0 atom stereocenters. The van der Waals surface area contributed by atoms with Crippen LogP contribution in [0, 0.1) is 0 Å². The Balaban J connectivity index is 2.74. The quantitative estimate of drug-likeness (QED) is 0.608. The van der Waals surface area contributed by atoms with E-state index in [1.807, 2.05) is 4.72 Å². The van der Waals surface area contributed by atoms with Crippen LogP contribution in [0.25, 0.3) is 0 Å². The molecule has 0 unspecified atom stereocenters. The molecule has 1 heterocycles. The van der Waals surface area contributed by atoms with Gasteiger partial charge in [0.2, 0.25) is 10.0 Å². The number of aromatic amines is 1. The average Bonchev–Trinajstić information content (AvgIpc) is 2.53. The molecule has 1 aromatic heterocycles. The van der Waals surface area contributed by atoms with E-state index in [0.29, 0.717) is 0 Å². The molecule has 0 bridgehead atoms. The van der Waals surface area contributed by atoms with E-state index >= 15 is 0 Å². The van der Waals surface area contributed by atoms with Crippen molar-refractivity contribution in [2.45, 2.75) is 4.90 Å². The Bertz CT molecular complexity index is 381. The van der Waals surface area contributed by atoms with Crippen LogP contribution in [-0.4, -0.2) is 31.0 Å². The van der Waals surface area contributed by atoms with E-state index in [-0.39, 0.29) is 4.90 Å². The zero-order chi connectivity index (χ0) is 9.90. The van der Waals surface area contributed by atoms with Crippen molar-refractivity contribution in [3.63, 3.8) is 0 Å². The number of carboxylic acid groups (broad SMARTS) is 1. The first kappa shape index (κ1) is 9.75. The van der Waals surface area contributed by atoms with Crippen LogP contribution in [0.5, 0.6) is 0 Å². The molecule has 6 nitrogen and oxygen atoms in total. The van der Waals surface area contributed by atoms with Gasteiger partial charge in [0.1, 0.15) is 6.54 Å². The highest BCUT2D eigenvalue weighted by Crippen LogP contribution is 2.04. The molecular formula is C6H8N2O4S. The molecular weight excluding hydrogens is 196 g/mol. The van der Waals surface area contributed by atoms with Crippen molar-refractivity contribution >= 4 is 16.0 Å². The second-order valence-electron chi connectivity index (χ2n) is 2.26. The lowest BCUT2D eigenvalue weighted by atomic mass is 10.7. The zero-order valence-corrected chi connectivity index (χ0v) is 7.34. The fourth-order valence-corrected chi connectivity index (χ4v) is 1.67. The van der Waals surface area contributed by atoms with Crippen molar-refractivity contribution in [1.29, 1.82) is 0 Å². The largest absolute Gasteiger partial charge is 0.480 e. The standard InChI is InChI=1S/C6H8N2O4S/c9-6(10)4-8-13(11,12)5-1-2-7-3-5/h1-3,7-8H,4H2,(H,9,10). The minimum atomic E-state index is -3.67. The first-order chi connectivity index (χ1) is 6.02. The average molecular weight is 204 g/mol. The van der Waals surface area contributed by atoms with Crippen LogP contribution in [0.3, 0.4) is 0 Å². The highest BCUT2D eigenvalue weighted by Gasteiger charge is 2.14. The van der Waals surface area contributed by atoms with Crippen LogP contribution in [0.2, 0.25) is 0 Å². The van der Waals surface area contributed by atoms with Gasteiger partial charge in [-0.05, 0) is 6.07 Å². The summed E-state index contributed by atoms with van der Waals surface area (Å²) in [5.41, 5.74) is 0. The van der Waals surface area contributed by atoms with Crippen LogP contribution >= 0.6 is 0 Å². The maximum Gasteiger partial charge on any atom is 0.318 e. The van der Waals surface area contributed by atoms with E-state index in [2.05, 4.69) is 4.98 Å². The van der Waals surface area contributed by atoms with E-state index in [0.717, 1.165) is 0 Å². The van der Waals surface area contributed by atoms with Crippen molar-refractivity contribution in [2.75, 3.05) is 6.54 Å². The van der Waals surface area contributed by atoms with Gasteiger partial charge in [0.15, 0.2) is 0 Å². The number of aromatic nitrogens is 1. The fraction of sp³-hybridized carbons (Fsp3) is 0.167. The molecule has 13 heavy (non-hydrogen) atoms. The number of sulfonamides is 1. The Morgan fingerprint density at radius 3 is 2.77 bits per heavy atom. The summed E-state index contributed by atoms with van der Waals surface area (Å²) in [7, 11) is -3.67. The lowest BCUT2D eigenvalue weighted by Gasteiger charge is -2.00. The lowest BCUT2D eigenvalue weighted by Crippen LogP contribution is -2.29. The molecule has 0 radical (unpaired) electrons. The van der Waals surface area contributed by atoms with Gasteiger partial charge in [0.05, 0.1) is 4.90 Å². The third-order valence-electron chi connectivity index (χ3n) is 1.29. The Hall–Kier alpha value is -1.34. The molecule has 0 aromatic carbocycles. The second kappa shape index (κ2) is 3.58. The van der Waals surface area contributed by atoms with E-state index in [4.69, 9.17) is 5.11 Å². The molecule has 72 valence electrons. The molecule has 0 saturated carbocycles. The SMILES string of the molecule is O=C(O)CNS(=O)(=O)c1cc[nH]c1. The minimum Gasteiger partial charge on any atom is -0.480 e. The Morgan fingerprint density at radius 2 is 2.31 bits per heavy atom. The first-order valence-corrected chi connectivity index (χ1v) is 4.85. The first-order valence-electron chi connectivity index (χ1n) is 3.36. The van der Waals surface area contributed by atoms with Crippen LogP contribution in [-0.2, 0) is 14.8 Å². The summed E-state index contributed by atoms with van der Waals surface area (Å²) in [5.74, 6) is -1.22. The maximum absolute atomic E-state index is 11.2. The van der Waals surface area contributed by atoms with Gasteiger partial charge in [-0.25, -0.2) is 8.42 Å². The predicted molar refractivity (Wildman–Crippen MR) is 43.6 cm³/mol. The monoisotopic (exact) mass is 204 g/mol. The summed E-state index contributed by atoms with van der Waals surface area (Å²) in [6.45, 7) is -0.618. The number of aliphatic carboxylic acids is 1. The van der Waals surface area contributed by atoms with E-state index in [1.165, 1.54) is 18.5 Å². The topological polar surface area (TPSA) is 99.3 Å². The molecule has 0 aliphatic heterocycles. The van der Waals surface area contributed by atoms with Gasteiger partial charge in [-0.3, -0.25) is 4.79 Å². The summed E-state index contributed by atoms with van der Waals surface area (Å²) < 4.78 is 24.3. The van der Waals surface area contributed by atoms with Crippen LogP contribution in [0.15, 0.2) is 23.4 Å². The maximum atomic E-state index is 11.2. The van der Waals surface area contributed by atoms with E-state index < -0.39 is 22.5 Å². The van der Waals surface area contributed by atoms with Crippen molar-refractivity contribution in [1.82, 2.24) is 9.71 Å². The Kier molecular flexibility index (Phi) is 2.69. The summed E-state index contributed by atoms with van der Waals surface area (Å²) >= 11 is 0. The van der Waals surface area contributed by atoms with Crippen molar-refractivity contribution in [2.24, 2.45) is 0 Å². The third-order valence-corrected chi connectivity index (χ3v) is 2.69. The van der Waals surface area contributed by atoms with E-state index in [9.17, 15) is 13.2 Å². The highest BCUT2D eigenvalue weighted by molar-refractivity contribution is 7.89. The number of carboxylic acids is 1. The molecule has 0 amide bonds.